The maximum Gasteiger partial charge on any atom is 0.409 e. The summed E-state index contributed by atoms with van der Waals surface area (Å²) >= 11 is 0. The van der Waals surface area contributed by atoms with Gasteiger partial charge in [-0.1, -0.05) is 12.1 Å². The van der Waals surface area contributed by atoms with Crippen molar-refractivity contribution in [1.29, 1.82) is 0 Å². The SMILES string of the molecule is CC1CN(S(=O)(=O)c2cccc(C3CC3)c2)c2cc(NC(=O)O)cnc2O1. The van der Waals surface area contributed by atoms with Crippen molar-refractivity contribution in [2.75, 3.05) is 16.2 Å². The van der Waals surface area contributed by atoms with Crippen molar-refractivity contribution in [3.05, 3.63) is 42.1 Å². The normalized spacial score (nSPS) is 19.1. The minimum absolute atomic E-state index is 0.112. The molecule has 2 N–H and O–H groups in total. The van der Waals surface area contributed by atoms with Crippen LogP contribution in [0.15, 0.2) is 41.4 Å². The smallest absolute Gasteiger partial charge is 0.409 e. The van der Waals surface area contributed by atoms with E-state index in [2.05, 4.69) is 10.3 Å². The van der Waals surface area contributed by atoms with Gasteiger partial charge in [0.05, 0.1) is 23.3 Å². The fraction of sp³-hybridized carbons (Fsp3) is 0.333. The molecule has 4 rings (SSSR count). The third-order valence-electron chi connectivity index (χ3n) is 4.58. The van der Waals surface area contributed by atoms with Crippen molar-refractivity contribution < 1.29 is 23.1 Å². The monoisotopic (exact) mass is 389 g/mol. The van der Waals surface area contributed by atoms with Crippen molar-refractivity contribution in [2.45, 2.75) is 36.7 Å². The molecule has 27 heavy (non-hydrogen) atoms. The molecule has 8 nitrogen and oxygen atoms in total. The van der Waals surface area contributed by atoms with Crippen LogP contribution in [-0.2, 0) is 10.0 Å². The van der Waals surface area contributed by atoms with Crippen molar-refractivity contribution in [3.8, 4) is 5.88 Å². The van der Waals surface area contributed by atoms with E-state index in [1.807, 2.05) is 6.07 Å². The molecule has 9 heteroatoms. The van der Waals surface area contributed by atoms with Gasteiger partial charge in [0.2, 0.25) is 5.88 Å². The number of sulfonamides is 1. The Morgan fingerprint density at radius 1 is 1.33 bits per heavy atom. The van der Waals surface area contributed by atoms with Gasteiger partial charge in [0.1, 0.15) is 11.8 Å². The molecule has 1 saturated carbocycles. The summed E-state index contributed by atoms with van der Waals surface area (Å²) in [5.41, 5.74) is 1.42. The van der Waals surface area contributed by atoms with Gasteiger partial charge in [0.15, 0.2) is 0 Å². The molecule has 0 radical (unpaired) electrons. The lowest BCUT2D eigenvalue weighted by Gasteiger charge is -2.33. The van der Waals surface area contributed by atoms with E-state index in [1.165, 1.54) is 16.6 Å². The van der Waals surface area contributed by atoms with Crippen LogP contribution in [0.3, 0.4) is 0 Å². The molecule has 1 atom stereocenters. The summed E-state index contributed by atoms with van der Waals surface area (Å²) in [6.07, 6.45) is 1.81. The molecule has 2 aromatic rings. The average molecular weight is 389 g/mol. The fourth-order valence-corrected chi connectivity index (χ4v) is 4.75. The molecule has 1 aromatic carbocycles. The number of carboxylic acid groups (broad SMARTS) is 1. The van der Waals surface area contributed by atoms with E-state index in [1.54, 1.807) is 25.1 Å². The highest BCUT2D eigenvalue weighted by Gasteiger charge is 2.35. The third kappa shape index (κ3) is 3.42. The second kappa shape index (κ2) is 6.41. The molecule has 1 aromatic heterocycles. The minimum atomic E-state index is -3.84. The number of ether oxygens (including phenoxy) is 1. The summed E-state index contributed by atoms with van der Waals surface area (Å²) in [7, 11) is -3.84. The van der Waals surface area contributed by atoms with Gasteiger partial charge in [-0.05, 0) is 49.4 Å². The zero-order valence-electron chi connectivity index (χ0n) is 14.6. The highest BCUT2D eigenvalue weighted by atomic mass is 32.2. The first-order valence-corrected chi connectivity index (χ1v) is 10.1. The number of rotatable bonds is 4. The number of nitrogens with zero attached hydrogens (tertiary/aromatic N) is 2. The van der Waals surface area contributed by atoms with Crippen molar-refractivity contribution >= 4 is 27.5 Å². The predicted molar refractivity (Wildman–Crippen MR) is 98.9 cm³/mol. The molecule has 1 aliphatic carbocycles. The van der Waals surface area contributed by atoms with Crippen LogP contribution in [0.25, 0.3) is 0 Å². The van der Waals surface area contributed by atoms with Crippen molar-refractivity contribution in [3.63, 3.8) is 0 Å². The fourth-order valence-electron chi connectivity index (χ4n) is 3.16. The first-order valence-electron chi connectivity index (χ1n) is 8.64. The first kappa shape index (κ1) is 17.6. The second-order valence-electron chi connectivity index (χ2n) is 6.79. The third-order valence-corrected chi connectivity index (χ3v) is 6.36. The Balaban J connectivity index is 1.76. The first-order chi connectivity index (χ1) is 12.8. The number of nitrogens with one attached hydrogen (secondary N) is 1. The van der Waals surface area contributed by atoms with Gasteiger partial charge in [-0.3, -0.25) is 9.62 Å². The van der Waals surface area contributed by atoms with Crippen LogP contribution in [0, 0.1) is 0 Å². The molecule has 1 amide bonds. The number of pyridine rings is 1. The summed E-state index contributed by atoms with van der Waals surface area (Å²) in [5, 5.41) is 11.1. The van der Waals surface area contributed by atoms with Gasteiger partial charge in [-0.15, -0.1) is 0 Å². The van der Waals surface area contributed by atoms with Crippen LogP contribution in [-0.4, -0.2) is 37.3 Å². The van der Waals surface area contributed by atoms with Crippen LogP contribution in [0.4, 0.5) is 16.2 Å². The minimum Gasteiger partial charge on any atom is -0.471 e. The van der Waals surface area contributed by atoms with E-state index in [4.69, 9.17) is 9.84 Å². The Labute approximate surface area is 156 Å². The molecule has 0 spiro atoms. The summed E-state index contributed by atoms with van der Waals surface area (Å²) in [5.74, 6) is 0.593. The van der Waals surface area contributed by atoms with Gasteiger partial charge < -0.3 is 9.84 Å². The Hall–Kier alpha value is -2.81. The number of hydrogen-bond acceptors (Lipinski definition) is 5. The molecular formula is C18H19N3O5S. The van der Waals surface area contributed by atoms with E-state index in [9.17, 15) is 13.2 Å². The summed E-state index contributed by atoms with van der Waals surface area (Å²) < 4.78 is 33.5. The Morgan fingerprint density at radius 3 is 2.81 bits per heavy atom. The van der Waals surface area contributed by atoms with Crippen LogP contribution in [0.2, 0.25) is 0 Å². The Kier molecular flexibility index (Phi) is 4.18. The second-order valence-corrected chi connectivity index (χ2v) is 8.65. The molecule has 142 valence electrons. The Morgan fingerprint density at radius 2 is 2.11 bits per heavy atom. The lowest BCUT2D eigenvalue weighted by atomic mass is 10.1. The molecule has 0 saturated heterocycles. The lowest BCUT2D eigenvalue weighted by Crippen LogP contribution is -2.42. The zero-order chi connectivity index (χ0) is 19.2. The number of anilines is 2. The van der Waals surface area contributed by atoms with Crippen molar-refractivity contribution in [2.24, 2.45) is 0 Å². The number of benzene rings is 1. The quantitative estimate of drug-likeness (QED) is 0.832. The largest absolute Gasteiger partial charge is 0.471 e. The zero-order valence-corrected chi connectivity index (χ0v) is 15.4. The number of hydrogen-bond donors (Lipinski definition) is 2. The maximum absolute atomic E-state index is 13.3. The van der Waals surface area contributed by atoms with E-state index < -0.39 is 16.1 Å². The average Bonchev–Trinajstić information content (AvgIpc) is 3.46. The highest BCUT2D eigenvalue weighted by molar-refractivity contribution is 7.92. The van der Waals surface area contributed by atoms with Crippen LogP contribution >= 0.6 is 0 Å². The van der Waals surface area contributed by atoms with Gasteiger partial charge in [-0.2, -0.15) is 0 Å². The molecule has 2 aliphatic rings. The van der Waals surface area contributed by atoms with Crippen LogP contribution < -0.4 is 14.4 Å². The van der Waals surface area contributed by atoms with E-state index in [-0.39, 0.29) is 34.8 Å². The molecule has 1 unspecified atom stereocenters. The number of fused-ring (bicyclic) bond motifs is 1. The van der Waals surface area contributed by atoms with Gasteiger partial charge >= 0.3 is 6.09 Å². The summed E-state index contributed by atoms with van der Waals surface area (Å²) in [6, 6.07) is 8.42. The van der Waals surface area contributed by atoms with Crippen LogP contribution in [0.1, 0.15) is 31.2 Å². The summed E-state index contributed by atoms with van der Waals surface area (Å²) in [6.45, 7) is 1.87. The standard InChI is InChI=1S/C18H19N3O5S/c1-11-10-21(16-8-14(20-18(22)23)9-19-17(16)26-11)27(24,25)15-4-2-3-13(7-15)12-5-6-12/h2-4,7-9,11-12,20H,5-6,10H2,1H3,(H,22,23). The Bertz CT molecular complexity index is 1000. The molecule has 1 fully saturated rings. The lowest BCUT2D eigenvalue weighted by molar-refractivity contribution is 0.208. The number of carbonyl (C=O) groups is 1. The predicted octanol–water partition coefficient (Wildman–Crippen LogP) is 3.03. The van der Waals surface area contributed by atoms with Crippen molar-refractivity contribution in [1.82, 2.24) is 4.98 Å². The molecule has 1 aliphatic heterocycles. The topological polar surface area (TPSA) is 109 Å². The van der Waals surface area contributed by atoms with E-state index in [0.29, 0.717) is 5.92 Å². The van der Waals surface area contributed by atoms with Gasteiger partial charge in [0, 0.05) is 0 Å². The van der Waals surface area contributed by atoms with Gasteiger partial charge in [-0.25, -0.2) is 18.2 Å². The maximum atomic E-state index is 13.3. The molecular weight excluding hydrogens is 370 g/mol. The number of amides is 1. The molecule has 2 heterocycles. The van der Waals surface area contributed by atoms with E-state index >= 15 is 0 Å². The van der Waals surface area contributed by atoms with Crippen LogP contribution in [0.5, 0.6) is 5.88 Å². The van der Waals surface area contributed by atoms with E-state index in [0.717, 1.165) is 18.4 Å². The highest BCUT2D eigenvalue weighted by Crippen LogP contribution is 2.42. The number of aromatic nitrogens is 1. The molecule has 0 bridgehead atoms. The summed E-state index contributed by atoms with van der Waals surface area (Å²) in [4.78, 5) is 15.2. The van der Waals surface area contributed by atoms with Gasteiger partial charge in [0.25, 0.3) is 10.0 Å².